The molecule has 0 aromatic heterocycles. The van der Waals surface area contributed by atoms with Crippen molar-refractivity contribution in [2.75, 3.05) is 0 Å². The summed E-state index contributed by atoms with van der Waals surface area (Å²) in [5.41, 5.74) is 0. The molecule has 0 amide bonds. The quantitative estimate of drug-likeness (QED) is 0.562. The predicted octanol–water partition coefficient (Wildman–Crippen LogP) is 0.990. The van der Waals surface area contributed by atoms with Crippen LogP contribution >= 0.6 is 8.03 Å². The second-order valence-corrected chi connectivity index (χ2v) is 5.24. The molecule has 0 saturated heterocycles. The summed E-state index contributed by atoms with van der Waals surface area (Å²) in [5, 5.41) is -0.219. The molecule has 0 radical (unpaired) electrons. The Kier molecular flexibility index (Phi) is 8.89. The van der Waals surface area contributed by atoms with Crippen LogP contribution in [0.1, 0.15) is 39.0 Å². The summed E-state index contributed by atoms with van der Waals surface area (Å²) in [4.78, 5) is 8.98. The minimum atomic E-state index is -2.28. The van der Waals surface area contributed by atoms with Crippen molar-refractivity contribution in [3.8, 4) is 0 Å². The van der Waals surface area contributed by atoms with Gasteiger partial charge in [-0.1, -0.05) is 26.2 Å². The van der Waals surface area contributed by atoms with Crippen LogP contribution in [0.2, 0.25) is 0 Å². The van der Waals surface area contributed by atoms with Gasteiger partial charge in [-0.2, -0.15) is 0 Å². The number of rotatable bonds is 1. The van der Waals surface area contributed by atoms with E-state index in [9.17, 15) is 4.57 Å². The van der Waals surface area contributed by atoms with Gasteiger partial charge in [-0.25, -0.2) is 0 Å². The zero-order chi connectivity index (χ0) is 7.61. The van der Waals surface area contributed by atoms with Crippen LogP contribution in [0.15, 0.2) is 0 Å². The Morgan fingerprint density at radius 3 is 1.92 bits per heavy atom. The summed E-state index contributed by atoms with van der Waals surface area (Å²) in [5.74, 6) is 0. The molecular weight excluding hydrogens is 239 g/mol. The van der Waals surface area contributed by atoms with E-state index in [2.05, 4.69) is 0 Å². The van der Waals surface area contributed by atoms with Gasteiger partial charge in [-0.15, -0.1) is 0 Å². The first-order valence-electron chi connectivity index (χ1n) is 3.88. The molecule has 1 fully saturated rings. The van der Waals surface area contributed by atoms with Crippen molar-refractivity contribution < 1.29 is 28.9 Å². The smallest absolute Gasteiger partial charge is 0.194 e. The van der Waals surface area contributed by atoms with Crippen molar-refractivity contribution >= 4 is 25.4 Å². The molecule has 0 bridgehead atoms. The first kappa shape index (κ1) is 15.8. The van der Waals surface area contributed by atoms with E-state index >= 15 is 0 Å². The first-order valence-corrected chi connectivity index (χ1v) is 5.24. The maximum absolute atomic E-state index is 10.9. The van der Waals surface area contributed by atoms with E-state index in [0.29, 0.717) is 0 Å². The van der Waals surface area contributed by atoms with Crippen LogP contribution < -0.4 is 0 Å². The molecule has 0 aromatic carbocycles. The standard InChI is InChI=1S/C7H15O2P.Al.Zn.3H/c1-7(10(8)9)5-3-2-4-6-7;;;;;/h10H,2-6H2,1H3,(H,8,9);;;;;. The maximum atomic E-state index is 10.9. The Morgan fingerprint density at radius 2 is 1.67 bits per heavy atom. The van der Waals surface area contributed by atoms with Crippen molar-refractivity contribution in [2.45, 2.75) is 44.2 Å². The van der Waals surface area contributed by atoms with Crippen molar-refractivity contribution in [1.82, 2.24) is 0 Å². The third-order valence-electron chi connectivity index (χ3n) is 2.47. The van der Waals surface area contributed by atoms with Gasteiger partial charge in [0.15, 0.2) is 25.4 Å². The van der Waals surface area contributed by atoms with Crippen molar-refractivity contribution in [1.29, 1.82) is 0 Å². The second kappa shape index (κ2) is 6.75. The summed E-state index contributed by atoms with van der Waals surface area (Å²) in [6.45, 7) is 1.94. The third kappa shape index (κ3) is 4.04. The fourth-order valence-electron chi connectivity index (χ4n) is 1.55. The maximum Gasteiger partial charge on any atom is 0.194 e. The molecule has 68 valence electrons. The van der Waals surface area contributed by atoms with E-state index in [-0.39, 0.29) is 42.0 Å². The average molecular weight is 258 g/mol. The molecule has 1 atom stereocenters. The van der Waals surface area contributed by atoms with Crippen molar-refractivity contribution in [2.24, 2.45) is 0 Å². The molecule has 12 heavy (non-hydrogen) atoms. The molecule has 0 aromatic rings. The van der Waals surface area contributed by atoms with E-state index in [4.69, 9.17) is 4.89 Å². The Bertz CT molecular complexity index is 148. The number of hydrogen-bond acceptors (Lipinski definition) is 1. The summed E-state index contributed by atoms with van der Waals surface area (Å²) in [7, 11) is -2.28. The molecule has 5 heteroatoms. The van der Waals surface area contributed by atoms with Gasteiger partial charge < -0.3 is 4.89 Å². The Morgan fingerprint density at radius 1 is 1.25 bits per heavy atom. The predicted molar refractivity (Wildman–Crippen MR) is 52.6 cm³/mol. The normalized spacial score (nSPS) is 23.2. The fourth-order valence-corrected chi connectivity index (χ4v) is 2.33. The first-order chi connectivity index (χ1) is 4.65. The topological polar surface area (TPSA) is 37.3 Å². The van der Waals surface area contributed by atoms with Crippen molar-refractivity contribution in [3.05, 3.63) is 0 Å². The van der Waals surface area contributed by atoms with E-state index in [1.807, 2.05) is 6.92 Å². The van der Waals surface area contributed by atoms with Crippen LogP contribution in [0, 0.1) is 0 Å². The molecule has 1 N–H and O–H groups in total. The minimum absolute atomic E-state index is 0. The average Bonchev–Trinajstić information content (AvgIpc) is 1.89. The molecule has 0 aliphatic heterocycles. The number of hydrogen-bond donors (Lipinski definition) is 1. The SMILES string of the molecule is CC1([PH](=O)O)CCCCC1.[AlH3].[Zn]. The van der Waals surface area contributed by atoms with Crippen LogP contribution in [0.4, 0.5) is 0 Å². The summed E-state index contributed by atoms with van der Waals surface area (Å²) < 4.78 is 10.9. The van der Waals surface area contributed by atoms with Crippen LogP contribution in [0.25, 0.3) is 0 Å². The van der Waals surface area contributed by atoms with Gasteiger partial charge >= 0.3 is 0 Å². The van der Waals surface area contributed by atoms with Crippen LogP contribution in [-0.2, 0) is 24.0 Å². The largest absolute Gasteiger partial charge is 0.346 e. The summed E-state index contributed by atoms with van der Waals surface area (Å²) in [6.07, 6.45) is 5.40. The third-order valence-corrected chi connectivity index (χ3v) is 4.01. The van der Waals surface area contributed by atoms with Gasteiger partial charge in [-0.3, -0.25) is 4.57 Å². The van der Waals surface area contributed by atoms with Crippen LogP contribution in [0.5, 0.6) is 0 Å². The van der Waals surface area contributed by atoms with Crippen molar-refractivity contribution in [3.63, 3.8) is 0 Å². The molecule has 0 heterocycles. The summed E-state index contributed by atoms with van der Waals surface area (Å²) >= 11 is 0. The van der Waals surface area contributed by atoms with Gasteiger partial charge in [0.05, 0.1) is 0 Å². The van der Waals surface area contributed by atoms with E-state index in [1.165, 1.54) is 6.42 Å². The van der Waals surface area contributed by atoms with E-state index in [0.717, 1.165) is 25.7 Å². The molecule has 1 saturated carbocycles. The van der Waals surface area contributed by atoms with Crippen LogP contribution in [-0.4, -0.2) is 27.4 Å². The van der Waals surface area contributed by atoms with Gasteiger partial charge in [0.1, 0.15) is 0 Å². The van der Waals surface area contributed by atoms with Gasteiger partial charge in [0.2, 0.25) is 0 Å². The molecule has 1 rings (SSSR count). The van der Waals surface area contributed by atoms with Crippen LogP contribution in [0.3, 0.4) is 0 Å². The molecule has 1 unspecified atom stereocenters. The monoisotopic (exact) mass is 256 g/mol. The molecule has 1 aliphatic rings. The van der Waals surface area contributed by atoms with E-state index < -0.39 is 8.03 Å². The zero-order valence-corrected chi connectivity index (χ0v) is 11.1. The van der Waals surface area contributed by atoms with E-state index in [1.54, 1.807) is 0 Å². The summed E-state index contributed by atoms with van der Waals surface area (Å²) in [6, 6.07) is 0. The minimum Gasteiger partial charge on any atom is -0.346 e. The fraction of sp³-hybridized carbons (Fsp3) is 1.00. The van der Waals surface area contributed by atoms with Gasteiger partial charge in [-0.05, 0) is 12.8 Å². The molecule has 1 aliphatic carbocycles. The Hall–Kier alpha value is 1.35. The van der Waals surface area contributed by atoms with Gasteiger partial charge in [0.25, 0.3) is 0 Å². The zero-order valence-electron chi connectivity index (χ0n) is 7.10. The molecule has 2 nitrogen and oxygen atoms in total. The molecule has 0 spiro atoms. The molecular formula is C7H18AlO2PZn. The Balaban J connectivity index is 0. The second-order valence-electron chi connectivity index (χ2n) is 3.43. The Labute approximate surface area is 98.3 Å². The van der Waals surface area contributed by atoms with Gasteiger partial charge in [0, 0.05) is 24.6 Å².